The molecule has 9 nitrogen and oxygen atoms in total. The minimum atomic E-state index is -1.27. The molecule has 1 N–H and O–H groups in total. The molecule has 178 valence electrons. The maximum absolute atomic E-state index is 14.0. The molecule has 4 aromatic rings. The van der Waals surface area contributed by atoms with Gasteiger partial charge >= 0.3 is 0 Å². The molecule has 2 aromatic carbocycles. The molecule has 9 heteroatoms. The number of Topliss-reactive ketones (excluding diaryl/α,β-unsaturated/α-hetero) is 2. The van der Waals surface area contributed by atoms with E-state index in [1.807, 2.05) is 0 Å². The third-order valence-electron chi connectivity index (χ3n) is 5.48. The highest BCUT2D eigenvalue weighted by Gasteiger charge is 2.35. The van der Waals surface area contributed by atoms with Crippen LogP contribution in [0.5, 0.6) is 11.5 Å². The maximum Gasteiger partial charge on any atom is 0.291 e. The van der Waals surface area contributed by atoms with Gasteiger partial charge in [0.15, 0.2) is 28.8 Å². The molecule has 0 radical (unpaired) electrons. The van der Waals surface area contributed by atoms with E-state index in [2.05, 4.69) is 10.3 Å². The van der Waals surface area contributed by atoms with Gasteiger partial charge in [0, 0.05) is 36.6 Å². The van der Waals surface area contributed by atoms with Crippen LogP contribution in [0.25, 0.3) is 0 Å². The number of benzene rings is 2. The van der Waals surface area contributed by atoms with E-state index in [-0.39, 0.29) is 28.6 Å². The smallest absolute Gasteiger partial charge is 0.291 e. The summed E-state index contributed by atoms with van der Waals surface area (Å²) in [5, 5.41) is 2.69. The Morgan fingerprint density at radius 3 is 2.29 bits per heavy atom. The number of ketones is 2. The molecule has 2 heterocycles. The Bertz CT molecular complexity index is 1360. The van der Waals surface area contributed by atoms with E-state index in [4.69, 9.17) is 13.9 Å². The molecule has 0 fully saturated rings. The molecule has 0 saturated carbocycles. The van der Waals surface area contributed by atoms with Gasteiger partial charge < -0.3 is 23.8 Å². The first-order valence-electron chi connectivity index (χ1n) is 10.7. The van der Waals surface area contributed by atoms with E-state index in [0.29, 0.717) is 11.3 Å². The van der Waals surface area contributed by atoms with Crippen LogP contribution in [-0.2, 0) is 7.05 Å². The number of furan rings is 1. The molecule has 1 atom stereocenters. The first-order chi connectivity index (χ1) is 16.9. The number of amides is 1. The predicted molar refractivity (Wildman–Crippen MR) is 127 cm³/mol. The van der Waals surface area contributed by atoms with Gasteiger partial charge in [-0.05, 0) is 18.2 Å². The molecule has 0 aliphatic rings. The normalized spacial score (nSPS) is 11.5. The average Bonchev–Trinajstić information content (AvgIpc) is 3.57. The molecule has 0 aliphatic heterocycles. The summed E-state index contributed by atoms with van der Waals surface area (Å²) in [4.78, 5) is 44.6. The van der Waals surface area contributed by atoms with Crippen LogP contribution in [-0.4, -0.2) is 41.2 Å². The van der Waals surface area contributed by atoms with E-state index < -0.39 is 23.4 Å². The zero-order valence-corrected chi connectivity index (χ0v) is 19.3. The second kappa shape index (κ2) is 10.1. The minimum absolute atomic E-state index is 0.0548. The summed E-state index contributed by atoms with van der Waals surface area (Å²) in [6, 6.07) is 14.5. The number of imidazole rings is 1. The lowest BCUT2D eigenvalue weighted by atomic mass is 9.88. The van der Waals surface area contributed by atoms with Crippen molar-refractivity contribution in [2.24, 2.45) is 7.05 Å². The lowest BCUT2D eigenvalue weighted by Crippen LogP contribution is -2.26. The molecule has 1 unspecified atom stereocenters. The van der Waals surface area contributed by atoms with Gasteiger partial charge in [-0.25, -0.2) is 4.98 Å². The summed E-state index contributed by atoms with van der Waals surface area (Å²) in [6.07, 6.45) is 4.54. The average molecular weight is 473 g/mol. The number of methoxy groups -OCH3 is 2. The van der Waals surface area contributed by atoms with Gasteiger partial charge in [-0.3, -0.25) is 14.4 Å². The Kier molecular flexibility index (Phi) is 6.77. The molecular weight excluding hydrogens is 450 g/mol. The van der Waals surface area contributed by atoms with Crippen molar-refractivity contribution in [2.75, 3.05) is 19.5 Å². The highest BCUT2D eigenvalue weighted by atomic mass is 16.5. The van der Waals surface area contributed by atoms with Crippen LogP contribution in [0, 0.1) is 0 Å². The second-order valence-corrected chi connectivity index (χ2v) is 7.61. The van der Waals surface area contributed by atoms with Gasteiger partial charge in [0.2, 0.25) is 0 Å². The standard InChI is InChI=1S/C26H23N3O6/c1-29-12-11-27-25(29)22(23(30)16-8-5-4-6-9-16)24(31)17-14-20(33-2)21(34-3)15-18(17)28-26(32)19-10-7-13-35-19/h4-15,22H,1-3H3,(H,28,32). The minimum Gasteiger partial charge on any atom is -0.493 e. The number of hydrogen-bond acceptors (Lipinski definition) is 7. The molecule has 0 aliphatic carbocycles. The lowest BCUT2D eigenvalue weighted by molar-refractivity contribution is 0.0854. The zero-order chi connectivity index (χ0) is 24.9. The zero-order valence-electron chi connectivity index (χ0n) is 19.3. The molecule has 0 bridgehead atoms. The number of rotatable bonds is 9. The molecule has 4 rings (SSSR count). The van der Waals surface area contributed by atoms with E-state index in [1.54, 1.807) is 54.2 Å². The van der Waals surface area contributed by atoms with Crippen LogP contribution in [0.4, 0.5) is 5.69 Å². The van der Waals surface area contributed by atoms with Gasteiger partial charge in [0.1, 0.15) is 11.7 Å². The first-order valence-corrected chi connectivity index (χ1v) is 10.7. The fourth-order valence-corrected chi connectivity index (χ4v) is 3.71. The molecular formula is C26H23N3O6. The van der Waals surface area contributed by atoms with Crippen LogP contribution in [0.2, 0.25) is 0 Å². The summed E-state index contributed by atoms with van der Waals surface area (Å²) >= 11 is 0. The monoisotopic (exact) mass is 473 g/mol. The summed E-state index contributed by atoms with van der Waals surface area (Å²) in [5.41, 5.74) is 0.546. The lowest BCUT2D eigenvalue weighted by Gasteiger charge is -2.19. The molecule has 35 heavy (non-hydrogen) atoms. The Morgan fingerprint density at radius 1 is 0.971 bits per heavy atom. The van der Waals surface area contributed by atoms with Crippen molar-refractivity contribution in [3.05, 3.63) is 96.0 Å². The van der Waals surface area contributed by atoms with Crippen molar-refractivity contribution in [1.82, 2.24) is 9.55 Å². The van der Waals surface area contributed by atoms with Gasteiger partial charge in [0.25, 0.3) is 5.91 Å². The number of nitrogens with zero attached hydrogens (tertiary/aromatic N) is 2. The highest BCUT2D eigenvalue weighted by molar-refractivity contribution is 6.22. The van der Waals surface area contributed by atoms with Crippen LogP contribution in [0.15, 0.2) is 77.7 Å². The van der Waals surface area contributed by atoms with E-state index in [9.17, 15) is 14.4 Å². The molecule has 2 aromatic heterocycles. The number of nitrogens with one attached hydrogen (secondary N) is 1. The third kappa shape index (κ3) is 4.70. The maximum atomic E-state index is 14.0. The van der Waals surface area contributed by atoms with Crippen molar-refractivity contribution < 1.29 is 28.3 Å². The van der Waals surface area contributed by atoms with Crippen LogP contribution < -0.4 is 14.8 Å². The van der Waals surface area contributed by atoms with Gasteiger partial charge in [-0.2, -0.15) is 0 Å². The predicted octanol–water partition coefficient (Wildman–Crippen LogP) is 4.13. The van der Waals surface area contributed by atoms with E-state index in [1.165, 1.54) is 44.9 Å². The fourth-order valence-electron chi connectivity index (χ4n) is 3.71. The summed E-state index contributed by atoms with van der Waals surface area (Å²) in [7, 11) is 4.57. The molecule has 0 spiro atoms. The Morgan fingerprint density at radius 2 is 1.69 bits per heavy atom. The Balaban J connectivity index is 1.84. The Hall–Kier alpha value is -4.66. The van der Waals surface area contributed by atoms with Gasteiger partial charge in [-0.15, -0.1) is 0 Å². The number of ether oxygens (including phenoxy) is 2. The number of hydrogen-bond donors (Lipinski definition) is 1. The largest absolute Gasteiger partial charge is 0.493 e. The van der Waals surface area contributed by atoms with Crippen molar-refractivity contribution >= 4 is 23.2 Å². The van der Waals surface area contributed by atoms with E-state index >= 15 is 0 Å². The van der Waals surface area contributed by atoms with Crippen LogP contribution in [0.1, 0.15) is 43.0 Å². The van der Waals surface area contributed by atoms with Gasteiger partial charge in [-0.1, -0.05) is 30.3 Å². The topological polar surface area (TPSA) is 113 Å². The van der Waals surface area contributed by atoms with E-state index in [0.717, 1.165) is 0 Å². The number of aryl methyl sites for hydroxylation is 1. The van der Waals surface area contributed by atoms with Crippen molar-refractivity contribution in [2.45, 2.75) is 5.92 Å². The van der Waals surface area contributed by atoms with Crippen molar-refractivity contribution in [3.8, 4) is 11.5 Å². The van der Waals surface area contributed by atoms with Crippen LogP contribution in [0.3, 0.4) is 0 Å². The van der Waals surface area contributed by atoms with Gasteiger partial charge in [0.05, 0.1) is 26.2 Å². The summed E-state index contributed by atoms with van der Waals surface area (Å²) in [5.74, 6) is -1.96. The highest BCUT2D eigenvalue weighted by Crippen LogP contribution is 2.36. The Labute approximate surface area is 201 Å². The summed E-state index contributed by atoms with van der Waals surface area (Å²) < 4.78 is 17.5. The first kappa shape index (κ1) is 23.5. The summed E-state index contributed by atoms with van der Waals surface area (Å²) in [6.45, 7) is 0. The molecule has 1 amide bonds. The third-order valence-corrected chi connectivity index (χ3v) is 5.48. The molecule has 0 saturated heterocycles. The van der Waals surface area contributed by atoms with Crippen LogP contribution >= 0.6 is 0 Å². The number of aromatic nitrogens is 2. The number of carbonyl (C=O) groups is 3. The van der Waals surface area contributed by atoms with Crippen molar-refractivity contribution in [3.63, 3.8) is 0 Å². The van der Waals surface area contributed by atoms with Crippen molar-refractivity contribution in [1.29, 1.82) is 0 Å². The number of anilines is 1. The SMILES string of the molecule is COc1cc(NC(=O)c2ccco2)c(C(=O)C(C(=O)c2ccccc2)c2nccn2C)cc1OC. The number of carbonyl (C=O) groups excluding carboxylic acids is 3. The fraction of sp³-hybridized carbons (Fsp3) is 0.154. The quantitative estimate of drug-likeness (QED) is 0.287. The second-order valence-electron chi connectivity index (χ2n) is 7.61.